The molecule has 1 aromatic heterocycles. The van der Waals surface area contributed by atoms with E-state index in [9.17, 15) is 0 Å². The Balaban J connectivity index is 2.10. The fraction of sp³-hybridized carbons (Fsp3) is 0.308. The largest absolute Gasteiger partial charge is 0.261 e. The second-order valence-electron chi connectivity index (χ2n) is 3.76. The quantitative estimate of drug-likeness (QED) is 0.689. The molecule has 0 N–H and O–H groups in total. The molecule has 14 heavy (non-hydrogen) atoms. The molecule has 2 rings (SSSR count). The van der Waals surface area contributed by atoms with Crippen LogP contribution in [0, 0.1) is 6.92 Å². The predicted octanol–water partition coefficient (Wildman–Crippen LogP) is 3.21. The summed E-state index contributed by atoms with van der Waals surface area (Å²) in [4.78, 5) is 4.36. The maximum absolute atomic E-state index is 4.36. The van der Waals surface area contributed by atoms with Gasteiger partial charge in [-0.15, -0.1) is 0 Å². The average molecular weight is 185 g/mol. The van der Waals surface area contributed by atoms with Gasteiger partial charge in [0.2, 0.25) is 0 Å². The summed E-state index contributed by atoms with van der Waals surface area (Å²) in [6, 6.07) is 4.19. The molecule has 0 atom stereocenters. The molecule has 72 valence electrons. The number of nitrogens with zero attached hydrogens (tertiary/aromatic N) is 1. The fourth-order valence-corrected chi connectivity index (χ4v) is 1.70. The average Bonchev–Trinajstić information content (AvgIpc) is 2.19. The van der Waals surface area contributed by atoms with Crippen LogP contribution >= 0.6 is 0 Å². The Labute approximate surface area is 85.2 Å². The lowest BCUT2D eigenvalue weighted by atomic mass is 10.0. The van der Waals surface area contributed by atoms with Crippen molar-refractivity contribution in [1.82, 2.24) is 4.98 Å². The topological polar surface area (TPSA) is 12.9 Å². The molecular formula is C13H15N. The van der Waals surface area contributed by atoms with Crippen molar-refractivity contribution in [2.24, 2.45) is 0 Å². The van der Waals surface area contributed by atoms with Crippen molar-refractivity contribution in [2.75, 3.05) is 0 Å². The highest BCUT2D eigenvalue weighted by Crippen LogP contribution is 2.14. The van der Waals surface area contributed by atoms with Gasteiger partial charge in [-0.3, -0.25) is 4.98 Å². The van der Waals surface area contributed by atoms with Gasteiger partial charge in [-0.2, -0.15) is 0 Å². The van der Waals surface area contributed by atoms with Gasteiger partial charge in [0, 0.05) is 18.3 Å². The molecular weight excluding hydrogens is 170 g/mol. The normalized spacial score (nSPS) is 15.4. The van der Waals surface area contributed by atoms with E-state index in [1.165, 1.54) is 29.7 Å². The Morgan fingerprint density at radius 3 is 3.00 bits per heavy atom. The standard InChI is InChI=1S/C13H15N/c1-11-7-8-14-13(9-11)10-12-5-3-2-4-6-12/h3,5-9H,2,4,10H2,1H3. The van der Waals surface area contributed by atoms with Crippen LogP contribution in [0.4, 0.5) is 0 Å². The van der Waals surface area contributed by atoms with E-state index in [2.05, 4.69) is 36.2 Å². The minimum Gasteiger partial charge on any atom is -0.261 e. The molecule has 1 nitrogen and oxygen atoms in total. The maximum atomic E-state index is 4.36. The highest BCUT2D eigenvalue weighted by Gasteiger charge is 2.00. The van der Waals surface area contributed by atoms with Gasteiger partial charge < -0.3 is 0 Å². The molecule has 0 saturated heterocycles. The Hall–Kier alpha value is -1.37. The van der Waals surface area contributed by atoms with E-state index in [4.69, 9.17) is 0 Å². The molecule has 1 aromatic rings. The van der Waals surface area contributed by atoms with Crippen LogP contribution < -0.4 is 0 Å². The summed E-state index contributed by atoms with van der Waals surface area (Å²) < 4.78 is 0. The fourth-order valence-electron chi connectivity index (χ4n) is 1.70. The third-order valence-corrected chi connectivity index (χ3v) is 2.43. The van der Waals surface area contributed by atoms with Crippen LogP contribution in [0.5, 0.6) is 0 Å². The van der Waals surface area contributed by atoms with E-state index >= 15 is 0 Å². The number of aryl methyl sites for hydroxylation is 1. The monoisotopic (exact) mass is 185 g/mol. The summed E-state index contributed by atoms with van der Waals surface area (Å²) >= 11 is 0. The molecule has 0 unspecified atom stereocenters. The molecule has 0 saturated carbocycles. The van der Waals surface area contributed by atoms with E-state index < -0.39 is 0 Å². The Morgan fingerprint density at radius 2 is 2.29 bits per heavy atom. The third-order valence-electron chi connectivity index (χ3n) is 2.43. The Morgan fingerprint density at radius 1 is 1.36 bits per heavy atom. The molecule has 1 heterocycles. The van der Waals surface area contributed by atoms with Gasteiger partial charge in [-0.25, -0.2) is 0 Å². The van der Waals surface area contributed by atoms with Gasteiger partial charge in [0.1, 0.15) is 0 Å². The lowest BCUT2D eigenvalue weighted by Gasteiger charge is -2.06. The van der Waals surface area contributed by atoms with Crippen molar-refractivity contribution < 1.29 is 0 Å². The number of allylic oxidation sites excluding steroid dienone is 4. The smallest absolute Gasteiger partial charge is 0.0449 e. The van der Waals surface area contributed by atoms with Crippen molar-refractivity contribution in [1.29, 1.82) is 0 Å². The SMILES string of the molecule is Cc1ccnc(CC2=CCCC=C2)c1. The van der Waals surface area contributed by atoms with Crippen molar-refractivity contribution in [3.63, 3.8) is 0 Å². The molecule has 0 fully saturated rings. The van der Waals surface area contributed by atoms with Crippen LogP contribution in [-0.2, 0) is 6.42 Å². The van der Waals surface area contributed by atoms with Crippen molar-refractivity contribution in [3.05, 3.63) is 53.4 Å². The first-order valence-corrected chi connectivity index (χ1v) is 5.12. The second-order valence-corrected chi connectivity index (χ2v) is 3.76. The van der Waals surface area contributed by atoms with Crippen molar-refractivity contribution >= 4 is 0 Å². The summed E-state index contributed by atoms with van der Waals surface area (Å²) in [6.45, 7) is 2.11. The number of hydrogen-bond acceptors (Lipinski definition) is 1. The van der Waals surface area contributed by atoms with E-state index in [-0.39, 0.29) is 0 Å². The summed E-state index contributed by atoms with van der Waals surface area (Å²) in [7, 11) is 0. The van der Waals surface area contributed by atoms with Gasteiger partial charge in [0.15, 0.2) is 0 Å². The van der Waals surface area contributed by atoms with Gasteiger partial charge in [0.25, 0.3) is 0 Å². The lowest BCUT2D eigenvalue weighted by Crippen LogP contribution is -1.94. The first-order valence-electron chi connectivity index (χ1n) is 5.12. The van der Waals surface area contributed by atoms with Gasteiger partial charge in [-0.1, -0.05) is 18.2 Å². The summed E-state index contributed by atoms with van der Waals surface area (Å²) in [6.07, 6.45) is 12.0. The van der Waals surface area contributed by atoms with Gasteiger partial charge in [0.05, 0.1) is 0 Å². The number of aromatic nitrogens is 1. The zero-order valence-corrected chi connectivity index (χ0v) is 8.53. The highest BCUT2D eigenvalue weighted by atomic mass is 14.7. The molecule has 0 bridgehead atoms. The first kappa shape index (κ1) is 9.20. The van der Waals surface area contributed by atoms with E-state index in [1.807, 2.05) is 12.3 Å². The minimum atomic E-state index is 0.970. The molecule has 0 aliphatic heterocycles. The molecule has 0 amide bonds. The maximum Gasteiger partial charge on any atom is 0.0449 e. The summed E-state index contributed by atoms with van der Waals surface area (Å²) in [5.41, 5.74) is 3.85. The van der Waals surface area contributed by atoms with Crippen LogP contribution in [0.2, 0.25) is 0 Å². The van der Waals surface area contributed by atoms with Crippen molar-refractivity contribution in [2.45, 2.75) is 26.2 Å². The lowest BCUT2D eigenvalue weighted by molar-refractivity contribution is 0.975. The molecule has 0 aromatic carbocycles. The summed E-state index contributed by atoms with van der Waals surface area (Å²) in [5.74, 6) is 0. The van der Waals surface area contributed by atoms with Crippen LogP contribution in [0.25, 0.3) is 0 Å². The Bertz CT molecular complexity index is 375. The summed E-state index contributed by atoms with van der Waals surface area (Å²) in [5, 5.41) is 0. The van der Waals surface area contributed by atoms with Crippen molar-refractivity contribution in [3.8, 4) is 0 Å². The van der Waals surface area contributed by atoms with Gasteiger partial charge in [-0.05, 0) is 43.0 Å². The number of pyridine rings is 1. The second kappa shape index (κ2) is 4.23. The van der Waals surface area contributed by atoms with Crippen LogP contribution in [0.15, 0.2) is 42.1 Å². The van der Waals surface area contributed by atoms with Crippen LogP contribution in [0.3, 0.4) is 0 Å². The molecule has 0 spiro atoms. The zero-order chi connectivity index (χ0) is 9.80. The zero-order valence-electron chi connectivity index (χ0n) is 8.53. The third kappa shape index (κ3) is 2.32. The van der Waals surface area contributed by atoms with E-state index in [0.717, 1.165) is 6.42 Å². The number of rotatable bonds is 2. The Kier molecular flexibility index (Phi) is 2.78. The highest BCUT2D eigenvalue weighted by molar-refractivity contribution is 5.28. The molecule has 0 radical (unpaired) electrons. The first-order chi connectivity index (χ1) is 6.84. The van der Waals surface area contributed by atoms with E-state index in [0.29, 0.717) is 0 Å². The predicted molar refractivity (Wildman–Crippen MR) is 59.1 cm³/mol. The molecule has 1 aliphatic rings. The van der Waals surface area contributed by atoms with Crippen LogP contribution in [-0.4, -0.2) is 4.98 Å². The van der Waals surface area contributed by atoms with E-state index in [1.54, 1.807) is 0 Å². The molecule has 1 aliphatic carbocycles. The minimum absolute atomic E-state index is 0.970. The molecule has 1 heteroatoms. The van der Waals surface area contributed by atoms with Gasteiger partial charge >= 0.3 is 0 Å². The van der Waals surface area contributed by atoms with Crippen LogP contribution in [0.1, 0.15) is 24.1 Å². The number of hydrogen-bond donors (Lipinski definition) is 0.